The Morgan fingerprint density at radius 3 is 2.82 bits per heavy atom. The third-order valence-corrected chi connectivity index (χ3v) is 3.97. The molecule has 4 rings (SSSR count). The first-order valence-electron chi connectivity index (χ1n) is 8.31. The smallest absolute Gasteiger partial charge is 0.404 e. The molecule has 0 saturated heterocycles. The van der Waals surface area contributed by atoms with Crippen molar-refractivity contribution in [3.8, 4) is 11.3 Å². The van der Waals surface area contributed by atoms with Crippen molar-refractivity contribution in [2.75, 3.05) is 5.32 Å². The first kappa shape index (κ1) is 17.3. The molecule has 9 nitrogen and oxygen atoms in total. The van der Waals surface area contributed by atoms with E-state index in [0.717, 1.165) is 11.3 Å². The summed E-state index contributed by atoms with van der Waals surface area (Å²) in [7, 11) is 0. The maximum atomic E-state index is 12.5. The predicted octanol–water partition coefficient (Wildman–Crippen LogP) is 2.84. The number of fused-ring (bicyclic) bond motifs is 1. The summed E-state index contributed by atoms with van der Waals surface area (Å²) < 4.78 is 11.5. The lowest BCUT2D eigenvalue weighted by Crippen LogP contribution is -2.15. The van der Waals surface area contributed by atoms with Crippen LogP contribution in [-0.2, 0) is 11.3 Å². The summed E-state index contributed by atoms with van der Waals surface area (Å²) >= 11 is 0. The van der Waals surface area contributed by atoms with Crippen molar-refractivity contribution in [2.45, 2.75) is 6.61 Å². The molecule has 0 unspecified atom stereocenters. The van der Waals surface area contributed by atoms with Crippen LogP contribution in [0.25, 0.3) is 16.9 Å². The fourth-order valence-electron chi connectivity index (χ4n) is 2.72. The second-order valence-corrected chi connectivity index (χ2v) is 5.89. The van der Waals surface area contributed by atoms with E-state index in [1.54, 1.807) is 47.4 Å². The molecule has 0 spiro atoms. The Labute approximate surface area is 158 Å². The number of aromatic nitrogens is 3. The highest BCUT2D eigenvalue weighted by Gasteiger charge is 2.13. The van der Waals surface area contributed by atoms with Crippen molar-refractivity contribution >= 4 is 23.6 Å². The molecule has 4 aromatic rings. The molecule has 0 aliphatic rings. The number of hydrogen-bond acceptors (Lipinski definition) is 6. The number of anilines is 1. The molecule has 140 valence electrons. The van der Waals surface area contributed by atoms with Gasteiger partial charge in [0.1, 0.15) is 6.61 Å². The first-order valence-corrected chi connectivity index (χ1v) is 8.31. The molecule has 0 atom stereocenters. The summed E-state index contributed by atoms with van der Waals surface area (Å²) in [6.45, 7) is -0.0167. The minimum Gasteiger partial charge on any atom is -0.472 e. The number of benzene rings is 1. The summed E-state index contributed by atoms with van der Waals surface area (Å²) in [4.78, 5) is 27.6. The third-order valence-electron chi connectivity index (χ3n) is 3.97. The van der Waals surface area contributed by atoms with Gasteiger partial charge in [-0.2, -0.15) is 4.98 Å². The molecule has 0 bridgehead atoms. The van der Waals surface area contributed by atoms with E-state index >= 15 is 0 Å². The zero-order valence-electron chi connectivity index (χ0n) is 14.5. The van der Waals surface area contributed by atoms with E-state index in [9.17, 15) is 9.59 Å². The number of primary amides is 1. The zero-order chi connectivity index (χ0) is 19.5. The topological polar surface area (TPSA) is 125 Å². The van der Waals surface area contributed by atoms with Crippen molar-refractivity contribution in [2.24, 2.45) is 5.73 Å². The molecule has 3 heterocycles. The Bertz CT molecular complexity index is 1150. The predicted molar refractivity (Wildman–Crippen MR) is 99.5 cm³/mol. The highest BCUT2D eigenvalue weighted by atomic mass is 16.5. The molecule has 2 amide bonds. The van der Waals surface area contributed by atoms with Crippen LogP contribution in [0.15, 0.2) is 65.5 Å². The fourth-order valence-corrected chi connectivity index (χ4v) is 2.72. The lowest BCUT2D eigenvalue weighted by molar-refractivity contribution is 0.102. The number of nitrogens with two attached hydrogens (primary N) is 1. The van der Waals surface area contributed by atoms with E-state index in [0.29, 0.717) is 16.8 Å². The normalized spacial score (nSPS) is 10.7. The summed E-state index contributed by atoms with van der Waals surface area (Å²) in [6, 6.07) is 14.0. The molecule has 0 radical (unpaired) electrons. The van der Waals surface area contributed by atoms with Crippen molar-refractivity contribution in [1.82, 2.24) is 14.6 Å². The van der Waals surface area contributed by atoms with Crippen LogP contribution < -0.4 is 11.1 Å². The maximum Gasteiger partial charge on any atom is 0.404 e. The third kappa shape index (κ3) is 3.54. The van der Waals surface area contributed by atoms with E-state index in [1.165, 1.54) is 0 Å². The molecule has 28 heavy (non-hydrogen) atoms. The van der Waals surface area contributed by atoms with E-state index < -0.39 is 6.09 Å². The summed E-state index contributed by atoms with van der Waals surface area (Å²) in [5, 5.41) is 7.04. The molecule has 0 saturated carbocycles. The Kier molecular flexibility index (Phi) is 4.47. The Morgan fingerprint density at radius 2 is 2.04 bits per heavy atom. The number of amides is 2. The second-order valence-electron chi connectivity index (χ2n) is 5.89. The largest absolute Gasteiger partial charge is 0.472 e. The molecular weight excluding hydrogens is 362 g/mol. The van der Waals surface area contributed by atoms with Crippen molar-refractivity contribution < 1.29 is 18.7 Å². The van der Waals surface area contributed by atoms with Gasteiger partial charge in [0.25, 0.3) is 5.91 Å². The Balaban J connectivity index is 1.57. The average Bonchev–Trinajstić information content (AvgIpc) is 3.35. The number of carbonyl (C=O) groups excluding carboxylic acids is 2. The molecule has 3 aromatic heterocycles. The number of pyridine rings is 1. The van der Waals surface area contributed by atoms with Crippen molar-refractivity contribution in [1.29, 1.82) is 0 Å². The van der Waals surface area contributed by atoms with Crippen molar-refractivity contribution in [3.63, 3.8) is 0 Å². The van der Waals surface area contributed by atoms with Crippen LogP contribution in [0, 0.1) is 0 Å². The van der Waals surface area contributed by atoms with Gasteiger partial charge < -0.3 is 14.9 Å². The van der Waals surface area contributed by atoms with Crippen LogP contribution in [0.3, 0.4) is 0 Å². The fraction of sp³-hybridized carbons (Fsp3) is 0.0526. The van der Waals surface area contributed by atoms with Crippen LogP contribution >= 0.6 is 0 Å². The summed E-state index contributed by atoms with van der Waals surface area (Å²) in [5.41, 5.74) is 8.18. The number of nitrogens with zero attached hydrogens (tertiary/aromatic N) is 3. The van der Waals surface area contributed by atoms with Gasteiger partial charge in [-0.15, -0.1) is 5.10 Å². The van der Waals surface area contributed by atoms with Gasteiger partial charge in [0.2, 0.25) is 5.95 Å². The second kappa shape index (κ2) is 7.23. The Hall–Kier alpha value is -4.14. The van der Waals surface area contributed by atoms with Crippen LogP contribution in [-0.4, -0.2) is 26.6 Å². The Morgan fingerprint density at radius 1 is 1.18 bits per heavy atom. The number of ether oxygens (including phenoxy) is 1. The monoisotopic (exact) mass is 377 g/mol. The number of furan rings is 1. The minimum absolute atomic E-state index is 0.0167. The molecule has 9 heteroatoms. The van der Waals surface area contributed by atoms with E-state index in [2.05, 4.69) is 15.4 Å². The SMILES string of the molecule is NC(=O)OCc1cccc(C(=O)Nc2nc3cccc(-c4ccoc4)n3n2)c1. The van der Waals surface area contributed by atoms with Crippen LogP contribution in [0.2, 0.25) is 0 Å². The van der Waals surface area contributed by atoms with Gasteiger partial charge in [0.05, 0.1) is 18.2 Å². The van der Waals surface area contributed by atoms with Gasteiger partial charge in [-0.1, -0.05) is 18.2 Å². The maximum absolute atomic E-state index is 12.5. The lowest BCUT2D eigenvalue weighted by Gasteiger charge is -2.05. The molecule has 1 aromatic carbocycles. The van der Waals surface area contributed by atoms with Gasteiger partial charge in [0.15, 0.2) is 5.65 Å². The molecule has 3 N–H and O–H groups in total. The minimum atomic E-state index is -0.878. The van der Waals surface area contributed by atoms with Gasteiger partial charge in [-0.05, 0) is 35.9 Å². The van der Waals surface area contributed by atoms with Crippen molar-refractivity contribution in [3.05, 3.63) is 72.2 Å². The standard InChI is InChI=1S/C19H15N5O4/c20-18(26)28-10-12-3-1-4-13(9-12)17(25)22-19-21-16-6-2-5-15(24(16)23-19)14-7-8-27-11-14/h1-9,11H,10H2,(H2,20,26)(H,22,23,25). The zero-order valence-corrected chi connectivity index (χ0v) is 14.5. The molecule has 0 fully saturated rings. The van der Waals surface area contributed by atoms with Gasteiger partial charge in [-0.3, -0.25) is 10.1 Å². The molecule has 0 aliphatic carbocycles. The van der Waals surface area contributed by atoms with Crippen LogP contribution in [0.1, 0.15) is 15.9 Å². The number of rotatable bonds is 5. The number of carbonyl (C=O) groups is 2. The van der Waals surface area contributed by atoms with Crippen LogP contribution in [0.4, 0.5) is 10.7 Å². The van der Waals surface area contributed by atoms with E-state index in [1.807, 2.05) is 18.2 Å². The van der Waals surface area contributed by atoms with Gasteiger partial charge >= 0.3 is 6.09 Å². The average molecular weight is 377 g/mol. The van der Waals surface area contributed by atoms with E-state index in [-0.39, 0.29) is 18.5 Å². The molecular formula is C19H15N5O4. The van der Waals surface area contributed by atoms with Gasteiger partial charge in [0, 0.05) is 11.1 Å². The number of hydrogen-bond donors (Lipinski definition) is 2. The lowest BCUT2D eigenvalue weighted by atomic mass is 10.1. The quantitative estimate of drug-likeness (QED) is 0.551. The summed E-state index contributed by atoms with van der Waals surface area (Å²) in [5.74, 6) is -0.221. The highest BCUT2D eigenvalue weighted by molar-refractivity contribution is 6.03. The summed E-state index contributed by atoms with van der Waals surface area (Å²) in [6.07, 6.45) is 2.30. The van der Waals surface area contributed by atoms with E-state index in [4.69, 9.17) is 14.9 Å². The van der Waals surface area contributed by atoms with Crippen LogP contribution in [0.5, 0.6) is 0 Å². The first-order chi connectivity index (χ1) is 13.6. The van der Waals surface area contributed by atoms with Gasteiger partial charge in [-0.25, -0.2) is 9.31 Å². The number of nitrogens with one attached hydrogen (secondary N) is 1. The highest BCUT2D eigenvalue weighted by Crippen LogP contribution is 2.21. The molecule has 0 aliphatic heterocycles.